The molecule has 3 heterocycles. The summed E-state index contributed by atoms with van der Waals surface area (Å²) in [7, 11) is 0. The van der Waals surface area contributed by atoms with Crippen molar-refractivity contribution in [2.24, 2.45) is 0 Å². The molecular formula is C15H17N5OS. The number of thiophene rings is 1. The van der Waals surface area contributed by atoms with Gasteiger partial charge in [-0.2, -0.15) is 4.52 Å². The maximum atomic E-state index is 9.30. The third-order valence-electron chi connectivity index (χ3n) is 3.86. The number of nitrogens with zero attached hydrogens (tertiary/aromatic N) is 4. The predicted molar refractivity (Wildman–Crippen MR) is 85.1 cm³/mol. The largest absolute Gasteiger partial charge is 0.396 e. The fourth-order valence-electron chi connectivity index (χ4n) is 2.56. The van der Waals surface area contributed by atoms with Crippen LogP contribution in [-0.2, 0) is 0 Å². The Balaban J connectivity index is 1.63. The number of hydrogen-bond acceptors (Lipinski definition) is 6. The number of fused-ring (bicyclic) bond motifs is 1. The molecule has 3 aromatic rings. The topological polar surface area (TPSA) is 75.3 Å². The van der Waals surface area contributed by atoms with Crippen molar-refractivity contribution in [1.82, 2.24) is 19.8 Å². The Morgan fingerprint density at radius 3 is 2.95 bits per heavy atom. The van der Waals surface area contributed by atoms with E-state index in [0.29, 0.717) is 12.3 Å². The fourth-order valence-corrected chi connectivity index (χ4v) is 3.37. The SMILES string of the molecule is OCCC(Nc1ccc2nnc(C3CC3)n2n1)c1cccs1. The fraction of sp³-hybridized carbons (Fsp3) is 0.400. The van der Waals surface area contributed by atoms with Crippen LogP contribution in [0.4, 0.5) is 5.82 Å². The first-order valence-corrected chi connectivity index (χ1v) is 8.36. The lowest BCUT2D eigenvalue weighted by molar-refractivity contribution is 0.280. The molecule has 114 valence electrons. The van der Waals surface area contributed by atoms with Gasteiger partial charge in [-0.1, -0.05) is 6.07 Å². The predicted octanol–water partition coefficient (Wildman–Crippen LogP) is 2.60. The summed E-state index contributed by atoms with van der Waals surface area (Å²) in [6.45, 7) is 0.137. The van der Waals surface area contributed by atoms with Crippen molar-refractivity contribution in [3.05, 3.63) is 40.3 Å². The summed E-state index contributed by atoms with van der Waals surface area (Å²) in [5, 5.41) is 27.8. The molecule has 0 radical (unpaired) electrons. The van der Waals surface area contributed by atoms with Gasteiger partial charge < -0.3 is 10.4 Å². The molecule has 1 atom stereocenters. The second-order valence-electron chi connectivity index (χ2n) is 5.55. The minimum absolute atomic E-state index is 0.0656. The molecule has 3 aromatic heterocycles. The number of anilines is 1. The van der Waals surface area contributed by atoms with Crippen LogP contribution in [0.15, 0.2) is 29.6 Å². The molecule has 0 saturated heterocycles. The molecular weight excluding hydrogens is 298 g/mol. The Hall–Kier alpha value is -1.99. The zero-order valence-electron chi connectivity index (χ0n) is 12.0. The number of hydrogen-bond donors (Lipinski definition) is 2. The quantitative estimate of drug-likeness (QED) is 0.731. The zero-order valence-corrected chi connectivity index (χ0v) is 12.8. The Morgan fingerprint density at radius 1 is 1.32 bits per heavy atom. The molecule has 2 N–H and O–H groups in total. The standard InChI is InChI=1S/C15H17N5OS/c21-8-7-11(12-2-1-9-22-12)16-13-5-6-14-17-18-15(10-3-4-10)20(14)19-13/h1-2,5-6,9-11,21H,3-4,7-8H2,(H,16,19). The summed E-state index contributed by atoms with van der Waals surface area (Å²) < 4.78 is 1.84. The van der Waals surface area contributed by atoms with Crippen molar-refractivity contribution in [2.75, 3.05) is 11.9 Å². The number of aromatic nitrogens is 4. The van der Waals surface area contributed by atoms with Gasteiger partial charge in [0.05, 0.1) is 6.04 Å². The average Bonchev–Trinajstić information content (AvgIpc) is 3.07. The van der Waals surface area contributed by atoms with Crippen LogP contribution in [0.25, 0.3) is 5.65 Å². The molecule has 6 nitrogen and oxygen atoms in total. The minimum Gasteiger partial charge on any atom is -0.396 e. The molecule has 1 fully saturated rings. The van der Waals surface area contributed by atoms with Gasteiger partial charge in [-0.05, 0) is 42.8 Å². The van der Waals surface area contributed by atoms with Crippen molar-refractivity contribution in [3.63, 3.8) is 0 Å². The smallest absolute Gasteiger partial charge is 0.178 e. The molecule has 0 bridgehead atoms. The Kier molecular flexibility index (Phi) is 3.51. The average molecular weight is 315 g/mol. The molecule has 1 aliphatic rings. The van der Waals surface area contributed by atoms with Crippen LogP contribution in [0.3, 0.4) is 0 Å². The van der Waals surface area contributed by atoms with E-state index in [-0.39, 0.29) is 12.6 Å². The third kappa shape index (κ3) is 2.57. The highest BCUT2D eigenvalue weighted by Crippen LogP contribution is 2.38. The van der Waals surface area contributed by atoms with Crippen LogP contribution < -0.4 is 5.32 Å². The van der Waals surface area contributed by atoms with E-state index in [4.69, 9.17) is 0 Å². The summed E-state index contributed by atoms with van der Waals surface area (Å²) in [5.74, 6) is 2.23. The molecule has 7 heteroatoms. The van der Waals surface area contributed by atoms with Crippen molar-refractivity contribution in [1.29, 1.82) is 0 Å². The summed E-state index contributed by atoms with van der Waals surface area (Å²) in [4.78, 5) is 1.20. The Morgan fingerprint density at radius 2 is 2.23 bits per heavy atom. The normalized spacial score (nSPS) is 16.0. The van der Waals surface area contributed by atoms with Gasteiger partial charge in [0.2, 0.25) is 0 Å². The Bertz CT molecular complexity index is 765. The first kappa shape index (κ1) is 13.7. The van der Waals surface area contributed by atoms with Crippen molar-refractivity contribution >= 4 is 22.8 Å². The first-order valence-electron chi connectivity index (χ1n) is 7.48. The first-order chi connectivity index (χ1) is 10.8. The molecule has 4 rings (SSSR count). The molecule has 22 heavy (non-hydrogen) atoms. The van der Waals surface area contributed by atoms with Gasteiger partial charge in [-0.25, -0.2) is 0 Å². The van der Waals surface area contributed by atoms with Crippen LogP contribution >= 0.6 is 11.3 Å². The lowest BCUT2D eigenvalue weighted by atomic mass is 10.2. The van der Waals surface area contributed by atoms with Crippen molar-refractivity contribution in [3.8, 4) is 0 Å². The number of aliphatic hydroxyl groups excluding tert-OH is 1. The van der Waals surface area contributed by atoms with Gasteiger partial charge in [-0.3, -0.25) is 0 Å². The lowest BCUT2D eigenvalue weighted by Crippen LogP contribution is -2.13. The van der Waals surface area contributed by atoms with Gasteiger partial charge in [0.15, 0.2) is 11.5 Å². The maximum absolute atomic E-state index is 9.30. The molecule has 1 aliphatic carbocycles. The highest BCUT2D eigenvalue weighted by Gasteiger charge is 2.29. The van der Waals surface area contributed by atoms with E-state index < -0.39 is 0 Å². The van der Waals surface area contributed by atoms with Crippen molar-refractivity contribution in [2.45, 2.75) is 31.2 Å². The second-order valence-corrected chi connectivity index (χ2v) is 6.52. The van der Waals surface area contributed by atoms with Gasteiger partial charge >= 0.3 is 0 Å². The molecule has 0 aromatic carbocycles. The molecule has 1 saturated carbocycles. The highest BCUT2D eigenvalue weighted by atomic mass is 32.1. The number of aliphatic hydroxyl groups is 1. The van der Waals surface area contributed by atoms with E-state index in [2.05, 4.69) is 26.7 Å². The minimum atomic E-state index is 0.0656. The molecule has 0 amide bonds. The third-order valence-corrected chi connectivity index (χ3v) is 4.84. The van der Waals surface area contributed by atoms with E-state index in [0.717, 1.165) is 17.3 Å². The summed E-state index contributed by atoms with van der Waals surface area (Å²) in [5.41, 5.74) is 0.780. The van der Waals surface area contributed by atoms with Crippen molar-refractivity contribution < 1.29 is 5.11 Å². The molecule has 0 aliphatic heterocycles. The second kappa shape index (κ2) is 5.66. The summed E-state index contributed by atoms with van der Waals surface area (Å²) >= 11 is 1.68. The van der Waals surface area contributed by atoms with Crippen LogP contribution in [0, 0.1) is 0 Å². The van der Waals surface area contributed by atoms with E-state index in [1.54, 1.807) is 11.3 Å². The van der Waals surface area contributed by atoms with Gasteiger partial charge in [0.1, 0.15) is 5.82 Å². The van der Waals surface area contributed by atoms with Crippen LogP contribution in [0.1, 0.15) is 41.9 Å². The maximum Gasteiger partial charge on any atom is 0.178 e. The zero-order chi connectivity index (χ0) is 14.9. The molecule has 1 unspecified atom stereocenters. The summed E-state index contributed by atoms with van der Waals surface area (Å²) in [6.07, 6.45) is 2.99. The van der Waals surface area contributed by atoms with E-state index in [1.165, 1.54) is 17.7 Å². The van der Waals surface area contributed by atoms with E-state index in [1.807, 2.05) is 28.1 Å². The highest BCUT2D eigenvalue weighted by molar-refractivity contribution is 7.10. The summed E-state index contributed by atoms with van der Waals surface area (Å²) in [6, 6.07) is 8.01. The van der Waals surface area contributed by atoms with Crippen LogP contribution in [0.2, 0.25) is 0 Å². The number of nitrogens with one attached hydrogen (secondary N) is 1. The van der Waals surface area contributed by atoms with Gasteiger partial charge in [0.25, 0.3) is 0 Å². The van der Waals surface area contributed by atoms with Gasteiger partial charge in [0, 0.05) is 17.4 Å². The lowest BCUT2D eigenvalue weighted by Gasteiger charge is -2.17. The Labute approximate surface area is 131 Å². The van der Waals surface area contributed by atoms with Crippen LogP contribution in [0.5, 0.6) is 0 Å². The van der Waals surface area contributed by atoms with E-state index in [9.17, 15) is 5.11 Å². The monoisotopic (exact) mass is 315 g/mol. The van der Waals surface area contributed by atoms with Crippen LogP contribution in [-0.4, -0.2) is 31.5 Å². The molecule has 0 spiro atoms. The number of rotatable bonds is 6. The van der Waals surface area contributed by atoms with E-state index >= 15 is 0 Å². The van der Waals surface area contributed by atoms with Gasteiger partial charge in [-0.15, -0.1) is 26.6 Å².